The second-order valence-electron chi connectivity index (χ2n) is 8.67. The van der Waals surface area contributed by atoms with E-state index in [2.05, 4.69) is 10.6 Å². The van der Waals surface area contributed by atoms with Crippen LogP contribution >= 0.6 is 0 Å². The molecule has 2 aromatic rings. The molecular formula is C25H30N2O4. The zero-order valence-corrected chi connectivity index (χ0v) is 18.5. The van der Waals surface area contributed by atoms with E-state index in [1.165, 1.54) is 0 Å². The highest BCUT2D eigenvalue weighted by molar-refractivity contribution is 6.00. The van der Waals surface area contributed by atoms with Crippen LogP contribution in [0.4, 0.5) is 0 Å². The smallest absolute Gasteiger partial charge is 0.251 e. The normalized spacial score (nSPS) is 21.7. The van der Waals surface area contributed by atoms with Gasteiger partial charge in [-0.2, -0.15) is 0 Å². The lowest BCUT2D eigenvalue weighted by Gasteiger charge is -2.30. The Morgan fingerprint density at radius 2 is 1.68 bits per heavy atom. The Balaban J connectivity index is 1.72. The Morgan fingerprint density at radius 3 is 2.23 bits per heavy atom. The van der Waals surface area contributed by atoms with E-state index in [9.17, 15) is 14.4 Å². The molecule has 3 atom stereocenters. The zero-order chi connectivity index (χ0) is 22.6. The van der Waals surface area contributed by atoms with Gasteiger partial charge in [0.25, 0.3) is 5.91 Å². The van der Waals surface area contributed by atoms with E-state index in [0.717, 1.165) is 11.1 Å². The largest absolute Gasteiger partial charge is 0.368 e. The number of Topliss-reactive ketones (excluding diaryl/α,β-unsaturated/α-hetero) is 1. The summed E-state index contributed by atoms with van der Waals surface area (Å²) in [4.78, 5) is 38.1. The molecule has 1 fully saturated rings. The quantitative estimate of drug-likeness (QED) is 0.717. The van der Waals surface area contributed by atoms with E-state index in [-0.39, 0.29) is 30.1 Å². The van der Waals surface area contributed by atoms with Gasteiger partial charge >= 0.3 is 0 Å². The summed E-state index contributed by atoms with van der Waals surface area (Å²) in [6.45, 7) is 7.37. The van der Waals surface area contributed by atoms with Crippen molar-refractivity contribution < 1.29 is 19.1 Å². The van der Waals surface area contributed by atoms with E-state index in [1.807, 2.05) is 56.3 Å². The van der Waals surface area contributed by atoms with Crippen LogP contribution in [0.2, 0.25) is 0 Å². The lowest BCUT2D eigenvalue weighted by molar-refractivity contribution is -0.130. The Labute approximate surface area is 183 Å². The maximum Gasteiger partial charge on any atom is 0.251 e. The van der Waals surface area contributed by atoms with Gasteiger partial charge in [0.2, 0.25) is 5.91 Å². The zero-order valence-electron chi connectivity index (χ0n) is 18.5. The highest BCUT2D eigenvalue weighted by atomic mass is 16.5. The van der Waals surface area contributed by atoms with Gasteiger partial charge < -0.3 is 15.4 Å². The van der Waals surface area contributed by atoms with Gasteiger partial charge in [-0.15, -0.1) is 0 Å². The molecule has 0 aliphatic carbocycles. The highest BCUT2D eigenvalue weighted by Crippen LogP contribution is 2.23. The number of hydrogen-bond acceptors (Lipinski definition) is 4. The number of amides is 2. The van der Waals surface area contributed by atoms with Crippen LogP contribution in [0.3, 0.4) is 0 Å². The molecule has 2 amide bonds. The van der Waals surface area contributed by atoms with Crippen LogP contribution in [-0.2, 0) is 14.3 Å². The molecule has 2 N–H and O–H groups in total. The third-order valence-electron chi connectivity index (χ3n) is 5.82. The molecule has 31 heavy (non-hydrogen) atoms. The van der Waals surface area contributed by atoms with E-state index >= 15 is 0 Å². The lowest BCUT2D eigenvalue weighted by Crippen LogP contribution is -2.60. The Morgan fingerprint density at radius 1 is 1.06 bits per heavy atom. The van der Waals surface area contributed by atoms with Gasteiger partial charge in [0.15, 0.2) is 5.78 Å². The van der Waals surface area contributed by atoms with Crippen LogP contribution in [0.15, 0.2) is 54.6 Å². The summed E-state index contributed by atoms with van der Waals surface area (Å²) in [5.74, 6) is -0.694. The fourth-order valence-corrected chi connectivity index (χ4v) is 3.65. The van der Waals surface area contributed by atoms with Crippen molar-refractivity contribution in [2.45, 2.75) is 51.8 Å². The topological polar surface area (TPSA) is 84.5 Å². The molecule has 0 unspecified atom stereocenters. The molecule has 6 heteroatoms. The number of carbonyl (C=O) groups is 3. The summed E-state index contributed by atoms with van der Waals surface area (Å²) >= 11 is 0. The Hall–Kier alpha value is -2.99. The molecular weight excluding hydrogens is 392 g/mol. The second kappa shape index (κ2) is 9.43. The van der Waals surface area contributed by atoms with Crippen molar-refractivity contribution in [2.24, 2.45) is 5.92 Å². The van der Waals surface area contributed by atoms with E-state index in [4.69, 9.17) is 4.74 Å². The average molecular weight is 423 g/mol. The summed E-state index contributed by atoms with van der Waals surface area (Å²) in [5.41, 5.74) is 1.46. The molecule has 0 radical (unpaired) electrons. The fourth-order valence-electron chi connectivity index (χ4n) is 3.65. The summed E-state index contributed by atoms with van der Waals surface area (Å²) < 4.78 is 5.39. The lowest BCUT2D eigenvalue weighted by atomic mass is 9.92. The van der Waals surface area contributed by atoms with Gasteiger partial charge in [-0.25, -0.2) is 0 Å². The van der Waals surface area contributed by atoms with Crippen molar-refractivity contribution in [1.29, 1.82) is 0 Å². The molecule has 1 aliphatic rings. The third kappa shape index (κ3) is 5.20. The van der Waals surface area contributed by atoms with Crippen molar-refractivity contribution in [2.75, 3.05) is 6.61 Å². The van der Waals surface area contributed by atoms with E-state index < -0.39 is 17.7 Å². The van der Waals surface area contributed by atoms with Crippen LogP contribution in [0, 0.1) is 5.92 Å². The second-order valence-corrected chi connectivity index (χ2v) is 8.67. The van der Waals surface area contributed by atoms with Gasteiger partial charge in [0.05, 0.1) is 6.10 Å². The molecule has 1 aliphatic heterocycles. The summed E-state index contributed by atoms with van der Waals surface area (Å²) in [6.07, 6.45) is 0.0315. The Bertz CT molecular complexity index is 940. The molecule has 0 spiro atoms. The molecule has 0 bridgehead atoms. The molecule has 1 heterocycles. The van der Waals surface area contributed by atoms with Crippen molar-refractivity contribution in [3.8, 4) is 11.1 Å². The minimum absolute atomic E-state index is 0.0209. The summed E-state index contributed by atoms with van der Waals surface area (Å²) in [5, 5.41) is 5.66. The minimum Gasteiger partial charge on any atom is -0.368 e. The van der Waals surface area contributed by atoms with Crippen LogP contribution in [0.5, 0.6) is 0 Å². The number of ketones is 1. The number of carbonyl (C=O) groups excluding carboxylic acids is 3. The van der Waals surface area contributed by atoms with Crippen molar-refractivity contribution >= 4 is 17.6 Å². The van der Waals surface area contributed by atoms with Crippen LogP contribution in [0.1, 0.15) is 44.5 Å². The third-order valence-corrected chi connectivity index (χ3v) is 5.82. The van der Waals surface area contributed by atoms with Crippen LogP contribution < -0.4 is 10.6 Å². The molecule has 0 aromatic heterocycles. The number of hydrogen-bond donors (Lipinski definition) is 2. The van der Waals surface area contributed by atoms with Gasteiger partial charge in [-0.3, -0.25) is 14.4 Å². The van der Waals surface area contributed by atoms with Gasteiger partial charge in [0.1, 0.15) is 18.2 Å². The monoisotopic (exact) mass is 422 g/mol. The van der Waals surface area contributed by atoms with Crippen LogP contribution in [-0.4, -0.2) is 41.9 Å². The highest BCUT2D eigenvalue weighted by Gasteiger charge is 2.47. The predicted molar refractivity (Wildman–Crippen MR) is 120 cm³/mol. The van der Waals surface area contributed by atoms with Gasteiger partial charge in [-0.05, 0) is 49.4 Å². The van der Waals surface area contributed by atoms with Crippen molar-refractivity contribution in [3.05, 3.63) is 60.2 Å². The number of ether oxygens (including phenoxy) is 1. The average Bonchev–Trinajstić information content (AvgIpc) is 3.00. The SMILES string of the molecule is CC(C)C[C@@H](NC(=O)c1ccc(-c2ccccc2)cc1)C(=O)N[C@@]1(C)C(=O)CO[C@@H]1C. The molecule has 6 nitrogen and oxygen atoms in total. The molecule has 164 valence electrons. The molecule has 3 rings (SSSR count). The number of benzene rings is 2. The van der Waals surface area contributed by atoms with Crippen molar-refractivity contribution in [1.82, 2.24) is 10.6 Å². The first-order valence-corrected chi connectivity index (χ1v) is 10.6. The summed E-state index contributed by atoms with van der Waals surface area (Å²) in [7, 11) is 0. The first kappa shape index (κ1) is 22.7. The van der Waals surface area contributed by atoms with E-state index in [1.54, 1.807) is 26.0 Å². The molecule has 0 saturated carbocycles. The minimum atomic E-state index is -1.09. The standard InChI is InChI=1S/C25H30N2O4/c1-16(2)14-21(24(30)27-25(4)17(3)31-15-22(25)28)26-23(29)20-12-10-19(11-13-20)18-8-6-5-7-9-18/h5-13,16-17,21H,14-15H2,1-4H3,(H,26,29)(H,27,30)/t17-,21-,25-/m1/s1. The maximum atomic E-state index is 13.0. The molecule has 1 saturated heterocycles. The van der Waals surface area contributed by atoms with Crippen molar-refractivity contribution in [3.63, 3.8) is 0 Å². The maximum absolute atomic E-state index is 13.0. The van der Waals surface area contributed by atoms with Crippen LogP contribution in [0.25, 0.3) is 11.1 Å². The predicted octanol–water partition coefficient (Wildman–Crippen LogP) is 3.36. The summed E-state index contributed by atoms with van der Waals surface area (Å²) in [6, 6.07) is 16.4. The Kier molecular flexibility index (Phi) is 6.91. The fraction of sp³-hybridized carbons (Fsp3) is 0.400. The number of nitrogens with one attached hydrogen (secondary N) is 2. The van der Waals surface area contributed by atoms with Gasteiger partial charge in [-0.1, -0.05) is 56.3 Å². The first-order valence-electron chi connectivity index (χ1n) is 10.6. The first-order chi connectivity index (χ1) is 14.7. The molecule has 2 aromatic carbocycles. The number of rotatable bonds is 7. The van der Waals surface area contributed by atoms with E-state index in [0.29, 0.717) is 12.0 Å². The van der Waals surface area contributed by atoms with Gasteiger partial charge in [0, 0.05) is 5.56 Å².